The maximum Gasteiger partial charge on any atom is 0 e. The molecule has 2 heteroatoms. The molecule has 8 heavy (non-hydrogen) atoms. The van der Waals surface area contributed by atoms with Crippen molar-refractivity contribution in [2.45, 2.75) is 0 Å². The predicted molar refractivity (Wildman–Crippen MR) is 24.1 cm³/mol. The van der Waals surface area contributed by atoms with Crippen LogP contribution in [0.25, 0.3) is 0 Å². The van der Waals surface area contributed by atoms with Gasteiger partial charge in [-0.05, 0) is 0 Å². The average molecular weight is 311 g/mol. The van der Waals surface area contributed by atoms with Gasteiger partial charge in [-0.15, -0.1) is 0 Å². The smallest absolute Gasteiger partial charge is 0 e. The third-order valence-corrected chi connectivity index (χ3v) is 0.552. The van der Waals surface area contributed by atoms with Crippen LogP contribution in [0.3, 0.4) is 0 Å². The molecule has 0 saturated carbocycles. The minimum atomic E-state index is 0. The summed E-state index contributed by atoms with van der Waals surface area (Å²) in [5.74, 6) is 0. The summed E-state index contributed by atoms with van der Waals surface area (Å²) in [4.78, 5) is 0. The van der Waals surface area contributed by atoms with Crippen LogP contribution >= 0.6 is 0 Å². The van der Waals surface area contributed by atoms with Gasteiger partial charge in [0.1, 0.15) is 0 Å². The van der Waals surface area contributed by atoms with E-state index in [0.29, 0.717) is 0 Å². The largest absolute Gasteiger partial charge is 0.359 e. The Morgan fingerprint density at radius 2 is 1.50 bits per heavy atom. The van der Waals surface area contributed by atoms with Crippen LogP contribution in [0.15, 0.2) is 24.3 Å². The van der Waals surface area contributed by atoms with E-state index >= 15 is 0 Å². The molecule has 0 aliphatic heterocycles. The van der Waals surface area contributed by atoms with E-state index in [1.165, 1.54) is 0 Å². The van der Waals surface area contributed by atoms with E-state index in [1.807, 2.05) is 18.2 Å². The first-order chi connectivity index (χ1) is 3.00. The molecule has 41 valence electrons. The Bertz CT molecular complexity index is 80.5. The van der Waals surface area contributed by atoms with Gasteiger partial charge in [0.2, 0.25) is 0 Å². The van der Waals surface area contributed by atoms with Gasteiger partial charge in [0.05, 0.1) is 0 Å². The van der Waals surface area contributed by atoms with E-state index in [4.69, 9.17) is 0 Å². The van der Waals surface area contributed by atoms with Crippen LogP contribution in [0.2, 0.25) is 0 Å². The standard InChI is InChI=1S/C6H4.V.W/c1-2-4-6-5-3-1;;/h1-3,6H;;/q-2;;. The van der Waals surface area contributed by atoms with Crippen molar-refractivity contribution in [3.63, 3.8) is 0 Å². The molecule has 0 N–H and O–H groups in total. The van der Waals surface area contributed by atoms with Crippen LogP contribution in [0.1, 0.15) is 0 Å². The monoisotopic (exact) mass is 311 g/mol. The van der Waals surface area contributed by atoms with Gasteiger partial charge in [0.25, 0.3) is 0 Å². The number of hydrogen-bond donors (Lipinski definition) is 0. The maximum atomic E-state index is 2.84. The first kappa shape index (κ1) is 11.3. The van der Waals surface area contributed by atoms with Gasteiger partial charge in [-0.2, -0.15) is 0 Å². The fourth-order valence-electron chi connectivity index (χ4n) is 0.304. The summed E-state index contributed by atoms with van der Waals surface area (Å²) in [6, 6.07) is 13.0. The molecule has 0 amide bonds. The minimum absolute atomic E-state index is 0. The van der Waals surface area contributed by atoms with Crippen LogP contribution in [0, 0.1) is 12.1 Å². The Labute approximate surface area is 75.8 Å². The molecule has 0 unspecified atom stereocenters. The van der Waals surface area contributed by atoms with E-state index in [0.717, 1.165) is 0 Å². The molecule has 1 rings (SSSR count). The summed E-state index contributed by atoms with van der Waals surface area (Å²) in [6.45, 7) is 0. The van der Waals surface area contributed by atoms with E-state index in [9.17, 15) is 0 Å². The summed E-state index contributed by atoms with van der Waals surface area (Å²) < 4.78 is 0. The topological polar surface area (TPSA) is 0 Å². The normalized spacial score (nSPS) is 6.00. The third-order valence-electron chi connectivity index (χ3n) is 0.552. The molecule has 0 heterocycles. The minimum Gasteiger partial charge on any atom is -0.359 e. The fourth-order valence-corrected chi connectivity index (χ4v) is 0.304. The van der Waals surface area contributed by atoms with E-state index in [1.54, 1.807) is 6.07 Å². The zero-order chi connectivity index (χ0) is 4.24. The van der Waals surface area contributed by atoms with Crippen LogP contribution in [-0.4, -0.2) is 0 Å². The number of benzene rings is 1. The van der Waals surface area contributed by atoms with Crippen molar-refractivity contribution in [2.75, 3.05) is 0 Å². The van der Waals surface area contributed by atoms with Crippen molar-refractivity contribution >= 4 is 0 Å². The van der Waals surface area contributed by atoms with Crippen LogP contribution < -0.4 is 0 Å². The second-order valence-electron chi connectivity index (χ2n) is 1.00. The first-order valence-corrected chi connectivity index (χ1v) is 1.82. The van der Waals surface area contributed by atoms with Gasteiger partial charge >= 0.3 is 0 Å². The van der Waals surface area contributed by atoms with Gasteiger partial charge in [-0.25, -0.2) is 0 Å². The zero-order valence-corrected chi connectivity index (χ0v) is 8.49. The molecule has 0 spiro atoms. The summed E-state index contributed by atoms with van der Waals surface area (Å²) >= 11 is 0. The molecule has 0 atom stereocenters. The third kappa shape index (κ3) is 4.65. The fraction of sp³-hybridized carbons (Fsp3) is 0. The van der Waals surface area contributed by atoms with E-state index in [-0.39, 0.29) is 39.6 Å². The van der Waals surface area contributed by atoms with Gasteiger partial charge in [-0.3, -0.25) is 18.2 Å². The molecule has 0 aliphatic carbocycles. The van der Waals surface area contributed by atoms with E-state index < -0.39 is 0 Å². The zero-order valence-electron chi connectivity index (χ0n) is 4.16. The van der Waals surface area contributed by atoms with Crippen LogP contribution in [0.5, 0.6) is 0 Å². The average Bonchev–Trinajstić information content (AvgIpc) is 1.72. The van der Waals surface area contributed by atoms with Crippen molar-refractivity contribution in [1.82, 2.24) is 0 Å². The summed E-state index contributed by atoms with van der Waals surface area (Å²) in [5, 5.41) is 0. The van der Waals surface area contributed by atoms with Gasteiger partial charge in [0, 0.05) is 39.6 Å². The van der Waals surface area contributed by atoms with Crippen molar-refractivity contribution in [1.29, 1.82) is 0 Å². The van der Waals surface area contributed by atoms with E-state index in [2.05, 4.69) is 12.1 Å². The molecule has 0 aromatic heterocycles. The van der Waals surface area contributed by atoms with Crippen molar-refractivity contribution in [3.05, 3.63) is 36.4 Å². The Kier molecular flexibility index (Phi) is 10.6. The first-order valence-electron chi connectivity index (χ1n) is 1.82. The quantitative estimate of drug-likeness (QED) is 0.633. The SMILES string of the molecule is [V].[W].[c-]1c[c-]ccc1. The van der Waals surface area contributed by atoms with Crippen molar-refractivity contribution < 1.29 is 39.6 Å². The molecule has 1 aromatic rings. The van der Waals surface area contributed by atoms with Crippen LogP contribution in [-0.2, 0) is 39.6 Å². The number of hydrogen-bond acceptors (Lipinski definition) is 0. The molecule has 1 radical (unpaired) electrons. The second kappa shape index (κ2) is 7.49. The van der Waals surface area contributed by atoms with Gasteiger partial charge in [0.15, 0.2) is 0 Å². The Morgan fingerprint density at radius 1 is 1.00 bits per heavy atom. The van der Waals surface area contributed by atoms with Crippen LogP contribution in [0.4, 0.5) is 0 Å². The summed E-state index contributed by atoms with van der Waals surface area (Å²) in [6.07, 6.45) is 0. The van der Waals surface area contributed by atoms with Crippen molar-refractivity contribution in [2.24, 2.45) is 0 Å². The number of rotatable bonds is 0. The molecular formula is C6H4VW-2. The Morgan fingerprint density at radius 3 is 1.62 bits per heavy atom. The Hall–Kier alpha value is 0.493. The molecule has 0 fully saturated rings. The second-order valence-corrected chi connectivity index (χ2v) is 1.00. The molecule has 0 bridgehead atoms. The summed E-state index contributed by atoms with van der Waals surface area (Å²) in [7, 11) is 0. The summed E-state index contributed by atoms with van der Waals surface area (Å²) in [5.41, 5.74) is 0. The molecule has 1 aromatic carbocycles. The maximum absolute atomic E-state index is 2.84. The van der Waals surface area contributed by atoms with Gasteiger partial charge < -0.3 is 18.2 Å². The molecule has 0 saturated heterocycles. The molecular weight excluding hydrogens is 307 g/mol. The van der Waals surface area contributed by atoms with Gasteiger partial charge in [-0.1, -0.05) is 0 Å². The molecule has 0 aliphatic rings. The van der Waals surface area contributed by atoms with Crippen molar-refractivity contribution in [3.8, 4) is 0 Å². The Balaban J connectivity index is 0. The predicted octanol–water partition coefficient (Wildman–Crippen LogP) is 1.28. The molecule has 0 nitrogen and oxygen atoms in total.